The average molecular weight is 435 g/mol. The molecule has 1 aromatic carbocycles. The van der Waals surface area contributed by atoms with Gasteiger partial charge in [0.15, 0.2) is 0 Å². The molecule has 2 rings (SSSR count). The van der Waals surface area contributed by atoms with Crippen LogP contribution >= 0.6 is 11.8 Å². The van der Waals surface area contributed by atoms with Gasteiger partial charge in [-0.05, 0) is 69.8 Å². The molecule has 4 N–H and O–H groups in total. The fourth-order valence-corrected chi connectivity index (χ4v) is 4.13. The highest BCUT2D eigenvalue weighted by Crippen LogP contribution is 2.16. The molecule has 2 atom stereocenters. The minimum atomic E-state index is -0.556. The molecule has 2 unspecified atom stereocenters. The van der Waals surface area contributed by atoms with Crippen LogP contribution in [0.5, 0.6) is 0 Å². The van der Waals surface area contributed by atoms with E-state index in [4.69, 9.17) is 5.73 Å². The van der Waals surface area contributed by atoms with E-state index in [1.165, 1.54) is 0 Å². The van der Waals surface area contributed by atoms with Gasteiger partial charge in [-0.15, -0.1) is 0 Å². The van der Waals surface area contributed by atoms with Crippen LogP contribution in [0.1, 0.15) is 41.6 Å². The Labute approximate surface area is 183 Å². The van der Waals surface area contributed by atoms with Crippen LogP contribution in [0.15, 0.2) is 24.3 Å². The number of nitrogens with two attached hydrogens (primary N) is 1. The molecule has 1 saturated heterocycles. The number of amides is 3. The van der Waals surface area contributed by atoms with Gasteiger partial charge in [0.1, 0.15) is 6.04 Å². The van der Waals surface area contributed by atoms with Crippen LogP contribution in [0.3, 0.4) is 0 Å². The largest absolute Gasteiger partial charge is 0.369 e. The van der Waals surface area contributed by atoms with Crippen molar-refractivity contribution in [1.82, 2.24) is 15.5 Å². The number of aryl methyl sites for hydroxylation is 1. The number of nitrogens with one attached hydrogen (secondary N) is 2. The number of primary amides is 1. The quantitative estimate of drug-likeness (QED) is 0.459. The van der Waals surface area contributed by atoms with Crippen molar-refractivity contribution in [3.8, 4) is 0 Å². The van der Waals surface area contributed by atoms with Crippen molar-refractivity contribution in [2.45, 2.75) is 38.6 Å². The van der Waals surface area contributed by atoms with Crippen molar-refractivity contribution in [2.24, 2.45) is 11.7 Å². The van der Waals surface area contributed by atoms with Gasteiger partial charge in [0, 0.05) is 18.7 Å². The second kappa shape index (κ2) is 12.6. The number of hydrogen-bond acceptors (Lipinski definition) is 5. The molecule has 0 bridgehead atoms. The molecule has 0 saturated carbocycles. The SMILES string of the molecule is CSCCC(NC(=O)c1cccc(C)c1)C(=O)NCCCN1CCCC(C(N)=O)C1. The van der Waals surface area contributed by atoms with Gasteiger partial charge >= 0.3 is 0 Å². The van der Waals surface area contributed by atoms with E-state index in [1.807, 2.05) is 31.4 Å². The van der Waals surface area contributed by atoms with E-state index < -0.39 is 6.04 Å². The second-order valence-electron chi connectivity index (χ2n) is 7.86. The Morgan fingerprint density at radius 2 is 2.13 bits per heavy atom. The third-order valence-corrected chi connectivity index (χ3v) is 6.01. The van der Waals surface area contributed by atoms with E-state index in [0.717, 1.165) is 43.7 Å². The first kappa shape index (κ1) is 24.2. The summed E-state index contributed by atoms with van der Waals surface area (Å²) < 4.78 is 0. The first-order valence-corrected chi connectivity index (χ1v) is 12.0. The van der Waals surface area contributed by atoms with Gasteiger partial charge in [0.05, 0.1) is 5.92 Å². The lowest BCUT2D eigenvalue weighted by Gasteiger charge is -2.31. The number of piperidine rings is 1. The average Bonchev–Trinajstić information content (AvgIpc) is 2.74. The molecule has 1 heterocycles. The summed E-state index contributed by atoms with van der Waals surface area (Å²) in [7, 11) is 0. The van der Waals surface area contributed by atoms with Crippen molar-refractivity contribution in [3.63, 3.8) is 0 Å². The minimum absolute atomic E-state index is 0.0684. The molecule has 1 fully saturated rings. The third-order valence-electron chi connectivity index (χ3n) is 5.37. The topological polar surface area (TPSA) is 105 Å². The summed E-state index contributed by atoms with van der Waals surface area (Å²) in [5, 5.41) is 5.83. The molecule has 0 spiro atoms. The van der Waals surface area contributed by atoms with Crippen LogP contribution in [-0.4, -0.2) is 66.9 Å². The number of benzene rings is 1. The smallest absolute Gasteiger partial charge is 0.251 e. The van der Waals surface area contributed by atoms with Gasteiger partial charge in [0.25, 0.3) is 5.91 Å². The molecule has 0 radical (unpaired) electrons. The van der Waals surface area contributed by atoms with Crippen molar-refractivity contribution in [2.75, 3.05) is 38.2 Å². The van der Waals surface area contributed by atoms with Gasteiger partial charge in [0.2, 0.25) is 11.8 Å². The Morgan fingerprint density at radius 1 is 1.33 bits per heavy atom. The number of likely N-dealkylation sites (tertiary alicyclic amines) is 1. The molecule has 1 aliphatic heterocycles. The number of hydrogen-bond donors (Lipinski definition) is 3. The van der Waals surface area contributed by atoms with E-state index in [9.17, 15) is 14.4 Å². The second-order valence-corrected chi connectivity index (χ2v) is 8.85. The summed E-state index contributed by atoms with van der Waals surface area (Å²) in [6.45, 7) is 4.94. The van der Waals surface area contributed by atoms with Gasteiger partial charge in [-0.2, -0.15) is 11.8 Å². The highest BCUT2D eigenvalue weighted by molar-refractivity contribution is 7.98. The lowest BCUT2D eigenvalue weighted by Crippen LogP contribution is -2.47. The zero-order chi connectivity index (χ0) is 21.9. The lowest BCUT2D eigenvalue weighted by molar-refractivity contribution is -0.123. The van der Waals surface area contributed by atoms with Crippen molar-refractivity contribution >= 4 is 29.5 Å². The van der Waals surface area contributed by atoms with E-state index in [2.05, 4.69) is 15.5 Å². The summed E-state index contributed by atoms with van der Waals surface area (Å²) in [5.41, 5.74) is 6.99. The Hall–Kier alpha value is -2.06. The summed E-state index contributed by atoms with van der Waals surface area (Å²) >= 11 is 1.65. The zero-order valence-electron chi connectivity index (χ0n) is 18.0. The summed E-state index contributed by atoms with van der Waals surface area (Å²) in [4.78, 5) is 38.8. The molecule has 0 aromatic heterocycles. The summed E-state index contributed by atoms with van der Waals surface area (Å²) in [6.07, 6.45) is 5.19. The molecule has 3 amide bonds. The van der Waals surface area contributed by atoms with Crippen molar-refractivity contribution in [3.05, 3.63) is 35.4 Å². The fourth-order valence-electron chi connectivity index (χ4n) is 3.66. The van der Waals surface area contributed by atoms with Crippen LogP contribution in [0, 0.1) is 12.8 Å². The molecule has 30 heavy (non-hydrogen) atoms. The molecule has 7 nitrogen and oxygen atoms in total. The Morgan fingerprint density at radius 3 is 2.83 bits per heavy atom. The van der Waals surface area contributed by atoms with Crippen molar-refractivity contribution in [1.29, 1.82) is 0 Å². The predicted octanol–water partition coefficient (Wildman–Crippen LogP) is 1.55. The normalized spacial score (nSPS) is 17.9. The predicted molar refractivity (Wildman–Crippen MR) is 121 cm³/mol. The van der Waals surface area contributed by atoms with E-state index in [1.54, 1.807) is 17.8 Å². The Kier molecular flexibility index (Phi) is 10.2. The first-order valence-electron chi connectivity index (χ1n) is 10.6. The third kappa shape index (κ3) is 7.99. The molecule has 0 aliphatic carbocycles. The lowest BCUT2D eigenvalue weighted by atomic mass is 9.97. The molecule has 1 aromatic rings. The highest BCUT2D eigenvalue weighted by atomic mass is 32.2. The van der Waals surface area contributed by atoms with Gasteiger partial charge < -0.3 is 21.3 Å². The maximum atomic E-state index is 12.7. The summed E-state index contributed by atoms with van der Waals surface area (Å²) in [5.74, 6) is 0.105. The van der Waals surface area contributed by atoms with Gasteiger partial charge in [-0.25, -0.2) is 0 Å². The maximum absolute atomic E-state index is 12.7. The van der Waals surface area contributed by atoms with Gasteiger partial charge in [-0.1, -0.05) is 17.7 Å². The molecule has 166 valence electrons. The van der Waals surface area contributed by atoms with E-state index in [-0.39, 0.29) is 23.6 Å². The number of thioether (sulfide) groups is 1. The van der Waals surface area contributed by atoms with Crippen LogP contribution in [-0.2, 0) is 9.59 Å². The molecule has 8 heteroatoms. The van der Waals surface area contributed by atoms with Crippen molar-refractivity contribution < 1.29 is 14.4 Å². The molecule has 1 aliphatic rings. The first-order chi connectivity index (χ1) is 14.4. The monoisotopic (exact) mass is 434 g/mol. The van der Waals surface area contributed by atoms with E-state index >= 15 is 0 Å². The Bertz CT molecular complexity index is 728. The van der Waals surface area contributed by atoms with E-state index in [0.29, 0.717) is 25.1 Å². The van der Waals surface area contributed by atoms with Crippen LogP contribution in [0.4, 0.5) is 0 Å². The number of nitrogens with zero attached hydrogens (tertiary/aromatic N) is 1. The maximum Gasteiger partial charge on any atom is 0.251 e. The summed E-state index contributed by atoms with van der Waals surface area (Å²) in [6, 6.07) is 6.79. The number of rotatable bonds is 11. The van der Waals surface area contributed by atoms with Gasteiger partial charge in [-0.3, -0.25) is 14.4 Å². The van der Waals surface area contributed by atoms with Crippen LogP contribution in [0.2, 0.25) is 0 Å². The molecular formula is C22H34N4O3S. The fraction of sp³-hybridized carbons (Fsp3) is 0.591. The standard InChI is InChI=1S/C22H34N4O3S/c1-16-6-3-7-17(14-16)21(28)25-19(9-13-30-2)22(29)24-10-5-12-26-11-4-8-18(15-26)20(23)27/h3,6-7,14,18-19H,4-5,8-13,15H2,1-2H3,(H2,23,27)(H,24,29)(H,25,28). The molecular weight excluding hydrogens is 400 g/mol. The number of carbonyl (C=O) groups is 3. The van der Waals surface area contributed by atoms with Crippen LogP contribution < -0.4 is 16.4 Å². The minimum Gasteiger partial charge on any atom is -0.369 e. The number of carbonyl (C=O) groups excluding carboxylic acids is 3. The zero-order valence-corrected chi connectivity index (χ0v) is 18.8. The van der Waals surface area contributed by atoms with Crippen LogP contribution in [0.25, 0.3) is 0 Å². The highest BCUT2D eigenvalue weighted by Gasteiger charge is 2.24. The Balaban J connectivity index is 1.80.